The molecule has 0 heterocycles. The van der Waals surface area contributed by atoms with E-state index in [2.05, 4.69) is 5.32 Å². The van der Waals surface area contributed by atoms with Crippen molar-refractivity contribution in [1.29, 1.82) is 0 Å². The highest BCUT2D eigenvalue weighted by molar-refractivity contribution is 5.23. The number of rotatable bonds is 3. The molecule has 0 aliphatic rings. The summed E-state index contributed by atoms with van der Waals surface area (Å²) in [7, 11) is 0. The third-order valence-corrected chi connectivity index (χ3v) is 1.66. The zero-order valence-corrected chi connectivity index (χ0v) is 6.97. The van der Waals surface area contributed by atoms with Crippen LogP contribution in [-0.4, -0.2) is 11.8 Å². The van der Waals surface area contributed by atoms with Crippen molar-refractivity contribution in [2.45, 2.75) is 13.5 Å². The fourth-order valence-corrected chi connectivity index (χ4v) is 1.02. The molecule has 2 N–H and O–H groups in total. The van der Waals surface area contributed by atoms with Crippen molar-refractivity contribution in [2.75, 3.05) is 6.73 Å². The molecule has 0 aromatic heterocycles. The lowest BCUT2D eigenvalue weighted by Crippen LogP contribution is -2.13. The molecular formula is C9H12FNO. The van der Waals surface area contributed by atoms with E-state index in [1.807, 2.05) is 0 Å². The van der Waals surface area contributed by atoms with Crippen LogP contribution in [-0.2, 0) is 6.54 Å². The van der Waals surface area contributed by atoms with E-state index in [1.165, 1.54) is 6.07 Å². The van der Waals surface area contributed by atoms with Crippen LogP contribution >= 0.6 is 0 Å². The normalized spacial score (nSPS) is 10.2. The predicted octanol–water partition coefficient (Wildman–Crippen LogP) is 1.17. The van der Waals surface area contributed by atoms with Gasteiger partial charge in [0.15, 0.2) is 0 Å². The van der Waals surface area contributed by atoms with Gasteiger partial charge in [-0.25, -0.2) is 4.39 Å². The molecule has 0 atom stereocenters. The minimum atomic E-state index is -0.192. The lowest BCUT2D eigenvalue weighted by atomic mass is 10.1. The van der Waals surface area contributed by atoms with Gasteiger partial charge in [-0.2, -0.15) is 0 Å². The zero-order valence-electron chi connectivity index (χ0n) is 6.97. The molecule has 0 aliphatic heterocycles. The molecule has 0 spiro atoms. The molecule has 1 aromatic carbocycles. The van der Waals surface area contributed by atoms with E-state index in [9.17, 15) is 4.39 Å². The molecule has 0 amide bonds. The maximum atomic E-state index is 12.8. The van der Waals surface area contributed by atoms with Crippen LogP contribution in [0.25, 0.3) is 0 Å². The van der Waals surface area contributed by atoms with E-state index in [-0.39, 0.29) is 12.5 Å². The van der Waals surface area contributed by atoms with Crippen LogP contribution in [0.3, 0.4) is 0 Å². The van der Waals surface area contributed by atoms with Crippen molar-refractivity contribution >= 4 is 0 Å². The topological polar surface area (TPSA) is 32.3 Å². The Labute approximate surface area is 71.0 Å². The molecule has 0 unspecified atom stereocenters. The second-order valence-corrected chi connectivity index (χ2v) is 2.67. The molecule has 1 rings (SSSR count). The Balaban J connectivity index is 2.69. The summed E-state index contributed by atoms with van der Waals surface area (Å²) in [6, 6.07) is 4.90. The van der Waals surface area contributed by atoms with Gasteiger partial charge in [-0.3, -0.25) is 5.32 Å². The smallest absolute Gasteiger partial charge is 0.126 e. The quantitative estimate of drug-likeness (QED) is 0.666. The van der Waals surface area contributed by atoms with E-state index in [0.717, 1.165) is 5.56 Å². The number of aliphatic hydroxyl groups is 1. The van der Waals surface area contributed by atoms with Gasteiger partial charge in [0.2, 0.25) is 0 Å². The fraction of sp³-hybridized carbons (Fsp3) is 0.333. The second kappa shape index (κ2) is 4.18. The molecule has 0 fully saturated rings. The fourth-order valence-electron chi connectivity index (χ4n) is 1.02. The van der Waals surface area contributed by atoms with E-state index in [0.29, 0.717) is 12.1 Å². The number of hydrogen-bond donors (Lipinski definition) is 2. The second-order valence-electron chi connectivity index (χ2n) is 2.67. The molecular weight excluding hydrogens is 157 g/mol. The Kier molecular flexibility index (Phi) is 3.19. The van der Waals surface area contributed by atoms with Crippen LogP contribution in [0, 0.1) is 12.7 Å². The first-order chi connectivity index (χ1) is 5.74. The highest BCUT2D eigenvalue weighted by Gasteiger charge is 1.97. The SMILES string of the molecule is Cc1cc(CNCO)ccc1F. The summed E-state index contributed by atoms with van der Waals surface area (Å²) in [6.07, 6.45) is 0. The van der Waals surface area contributed by atoms with Crippen LogP contribution < -0.4 is 5.32 Å². The van der Waals surface area contributed by atoms with Crippen LogP contribution in [0.1, 0.15) is 11.1 Å². The van der Waals surface area contributed by atoms with Crippen molar-refractivity contribution in [3.63, 3.8) is 0 Å². The van der Waals surface area contributed by atoms with Gasteiger partial charge in [-0.05, 0) is 24.1 Å². The number of hydrogen-bond acceptors (Lipinski definition) is 2. The lowest BCUT2D eigenvalue weighted by molar-refractivity contribution is 0.259. The van der Waals surface area contributed by atoms with E-state index >= 15 is 0 Å². The molecule has 0 aliphatic carbocycles. The van der Waals surface area contributed by atoms with Gasteiger partial charge in [0, 0.05) is 6.54 Å². The van der Waals surface area contributed by atoms with Gasteiger partial charge in [0.1, 0.15) is 5.82 Å². The highest BCUT2D eigenvalue weighted by atomic mass is 19.1. The van der Waals surface area contributed by atoms with E-state index < -0.39 is 0 Å². The van der Waals surface area contributed by atoms with Gasteiger partial charge in [-0.15, -0.1) is 0 Å². The monoisotopic (exact) mass is 169 g/mol. The van der Waals surface area contributed by atoms with Crippen molar-refractivity contribution in [3.05, 3.63) is 35.1 Å². The molecule has 0 bridgehead atoms. The predicted molar refractivity (Wildman–Crippen MR) is 45.1 cm³/mol. The van der Waals surface area contributed by atoms with Crippen LogP contribution in [0.5, 0.6) is 0 Å². The Morgan fingerprint density at radius 3 is 2.83 bits per heavy atom. The molecule has 0 saturated carbocycles. The number of aliphatic hydroxyl groups excluding tert-OH is 1. The molecule has 3 heteroatoms. The Bertz CT molecular complexity index is 263. The van der Waals surface area contributed by atoms with Crippen molar-refractivity contribution in [3.8, 4) is 0 Å². The lowest BCUT2D eigenvalue weighted by Gasteiger charge is -2.02. The standard InChI is InChI=1S/C9H12FNO/c1-7-4-8(5-11-6-12)2-3-9(7)10/h2-4,11-12H,5-6H2,1H3. The van der Waals surface area contributed by atoms with Gasteiger partial charge in [0.25, 0.3) is 0 Å². The Morgan fingerprint density at radius 1 is 1.50 bits per heavy atom. The molecule has 0 saturated heterocycles. The van der Waals surface area contributed by atoms with Gasteiger partial charge >= 0.3 is 0 Å². The maximum Gasteiger partial charge on any atom is 0.126 e. The summed E-state index contributed by atoms with van der Waals surface area (Å²) in [6.45, 7) is 2.23. The third-order valence-electron chi connectivity index (χ3n) is 1.66. The minimum Gasteiger partial charge on any atom is -0.381 e. The Hall–Kier alpha value is -0.930. The summed E-state index contributed by atoms with van der Waals surface area (Å²) < 4.78 is 12.8. The van der Waals surface area contributed by atoms with E-state index in [4.69, 9.17) is 5.11 Å². The van der Waals surface area contributed by atoms with E-state index in [1.54, 1.807) is 19.1 Å². The molecule has 2 nitrogen and oxygen atoms in total. The number of benzene rings is 1. The first-order valence-corrected chi connectivity index (χ1v) is 3.80. The number of nitrogens with one attached hydrogen (secondary N) is 1. The average Bonchev–Trinajstić information content (AvgIpc) is 2.07. The molecule has 0 radical (unpaired) electrons. The van der Waals surface area contributed by atoms with Gasteiger partial charge < -0.3 is 5.11 Å². The average molecular weight is 169 g/mol. The number of halogens is 1. The minimum absolute atomic E-state index is 0.0591. The highest BCUT2D eigenvalue weighted by Crippen LogP contribution is 2.08. The first kappa shape index (κ1) is 9.16. The molecule has 1 aromatic rings. The first-order valence-electron chi connectivity index (χ1n) is 3.80. The maximum absolute atomic E-state index is 12.8. The van der Waals surface area contributed by atoms with Gasteiger partial charge in [0.05, 0.1) is 6.73 Å². The molecule has 66 valence electrons. The van der Waals surface area contributed by atoms with Crippen LogP contribution in [0.15, 0.2) is 18.2 Å². The third kappa shape index (κ3) is 2.29. The number of aryl methyl sites for hydroxylation is 1. The van der Waals surface area contributed by atoms with Crippen molar-refractivity contribution in [2.24, 2.45) is 0 Å². The van der Waals surface area contributed by atoms with Crippen LogP contribution in [0.4, 0.5) is 4.39 Å². The van der Waals surface area contributed by atoms with Crippen molar-refractivity contribution in [1.82, 2.24) is 5.32 Å². The van der Waals surface area contributed by atoms with Gasteiger partial charge in [-0.1, -0.05) is 12.1 Å². The Morgan fingerprint density at radius 2 is 2.25 bits per heavy atom. The molecule has 12 heavy (non-hydrogen) atoms. The summed E-state index contributed by atoms with van der Waals surface area (Å²) in [5.74, 6) is -0.192. The zero-order chi connectivity index (χ0) is 8.97. The summed E-state index contributed by atoms with van der Waals surface area (Å²) >= 11 is 0. The summed E-state index contributed by atoms with van der Waals surface area (Å²) in [4.78, 5) is 0. The largest absolute Gasteiger partial charge is 0.381 e. The van der Waals surface area contributed by atoms with Crippen LogP contribution in [0.2, 0.25) is 0 Å². The summed E-state index contributed by atoms with van der Waals surface area (Å²) in [5.41, 5.74) is 1.61. The van der Waals surface area contributed by atoms with Crippen molar-refractivity contribution < 1.29 is 9.50 Å². The summed E-state index contributed by atoms with van der Waals surface area (Å²) in [5, 5.41) is 11.2.